The van der Waals surface area contributed by atoms with E-state index in [2.05, 4.69) is 19.9 Å². The van der Waals surface area contributed by atoms with E-state index in [0.29, 0.717) is 5.92 Å². The maximum Gasteiger partial charge on any atom is 0.0774 e. The van der Waals surface area contributed by atoms with Crippen molar-refractivity contribution in [2.75, 3.05) is 7.11 Å². The summed E-state index contributed by atoms with van der Waals surface area (Å²) < 4.78 is 5.17. The summed E-state index contributed by atoms with van der Waals surface area (Å²) in [5.74, 6) is 0.575. The van der Waals surface area contributed by atoms with Gasteiger partial charge in [-0.1, -0.05) is 26.0 Å². The van der Waals surface area contributed by atoms with Crippen LogP contribution >= 0.6 is 0 Å². The predicted molar refractivity (Wildman–Crippen MR) is 40.4 cm³/mol. The first-order valence-electron chi connectivity index (χ1n) is 3.38. The van der Waals surface area contributed by atoms with Gasteiger partial charge in [0.05, 0.1) is 6.10 Å². The second-order valence-corrected chi connectivity index (χ2v) is 2.47. The highest BCUT2D eigenvalue weighted by Gasteiger charge is 2.05. The lowest BCUT2D eigenvalue weighted by molar-refractivity contribution is 0.103. The van der Waals surface area contributed by atoms with E-state index in [1.165, 1.54) is 0 Å². The summed E-state index contributed by atoms with van der Waals surface area (Å²) in [5.41, 5.74) is 0. The molecule has 1 atom stereocenters. The van der Waals surface area contributed by atoms with Crippen molar-refractivity contribution in [3.05, 3.63) is 12.2 Å². The highest BCUT2D eigenvalue weighted by atomic mass is 16.5. The van der Waals surface area contributed by atoms with Gasteiger partial charge >= 0.3 is 0 Å². The van der Waals surface area contributed by atoms with E-state index in [9.17, 15) is 0 Å². The third kappa shape index (κ3) is 3.31. The van der Waals surface area contributed by atoms with E-state index in [-0.39, 0.29) is 6.10 Å². The molecule has 54 valence electrons. The summed E-state index contributed by atoms with van der Waals surface area (Å²) in [6.45, 7) is 6.30. The molecule has 1 nitrogen and oxygen atoms in total. The molecule has 0 saturated carbocycles. The number of ether oxygens (including phenoxy) is 1. The van der Waals surface area contributed by atoms with Crippen LogP contribution in [-0.4, -0.2) is 13.2 Å². The van der Waals surface area contributed by atoms with Gasteiger partial charge < -0.3 is 4.74 Å². The fourth-order valence-corrected chi connectivity index (χ4v) is 0.763. The first-order valence-corrected chi connectivity index (χ1v) is 3.38. The molecule has 0 heterocycles. The van der Waals surface area contributed by atoms with Crippen molar-refractivity contribution in [3.8, 4) is 0 Å². The van der Waals surface area contributed by atoms with Gasteiger partial charge in [0, 0.05) is 7.11 Å². The lowest BCUT2D eigenvalue weighted by atomic mass is 10.1. The van der Waals surface area contributed by atoms with Crippen LogP contribution in [0.4, 0.5) is 0 Å². The minimum atomic E-state index is 0.287. The normalized spacial score (nSPS) is 15.2. The number of hydrogen-bond donors (Lipinski definition) is 0. The second kappa shape index (κ2) is 4.57. The summed E-state index contributed by atoms with van der Waals surface area (Å²) in [6, 6.07) is 0. The van der Waals surface area contributed by atoms with Crippen LogP contribution in [0.5, 0.6) is 0 Å². The van der Waals surface area contributed by atoms with Gasteiger partial charge in [-0.05, 0) is 12.8 Å². The Labute approximate surface area is 57.7 Å². The molecule has 0 bridgehead atoms. The number of rotatable bonds is 3. The molecular weight excluding hydrogens is 112 g/mol. The van der Waals surface area contributed by atoms with Gasteiger partial charge in [-0.3, -0.25) is 0 Å². The van der Waals surface area contributed by atoms with Crippen molar-refractivity contribution in [2.24, 2.45) is 5.92 Å². The zero-order valence-corrected chi connectivity index (χ0v) is 6.72. The van der Waals surface area contributed by atoms with E-state index >= 15 is 0 Å². The number of methoxy groups -OCH3 is 1. The summed E-state index contributed by atoms with van der Waals surface area (Å²) >= 11 is 0. The molecule has 0 aromatic carbocycles. The first kappa shape index (κ1) is 8.70. The largest absolute Gasteiger partial charge is 0.377 e. The molecule has 0 aromatic heterocycles. The Morgan fingerprint density at radius 1 is 1.33 bits per heavy atom. The SMILES string of the molecule is C/C=C/[C@H](OC)C(C)C. The predicted octanol–water partition coefficient (Wildman–Crippen LogP) is 2.23. The van der Waals surface area contributed by atoms with Gasteiger partial charge in [0.1, 0.15) is 0 Å². The van der Waals surface area contributed by atoms with Gasteiger partial charge in [-0.2, -0.15) is 0 Å². The van der Waals surface area contributed by atoms with Crippen LogP contribution in [0.15, 0.2) is 12.2 Å². The van der Waals surface area contributed by atoms with Gasteiger partial charge in [-0.25, -0.2) is 0 Å². The van der Waals surface area contributed by atoms with E-state index in [4.69, 9.17) is 4.74 Å². The molecule has 1 heteroatoms. The van der Waals surface area contributed by atoms with E-state index in [0.717, 1.165) is 0 Å². The number of hydrogen-bond acceptors (Lipinski definition) is 1. The molecule has 0 aromatic rings. The quantitative estimate of drug-likeness (QED) is 0.530. The lowest BCUT2D eigenvalue weighted by Crippen LogP contribution is -2.14. The van der Waals surface area contributed by atoms with Crippen molar-refractivity contribution in [2.45, 2.75) is 26.9 Å². The molecule has 0 radical (unpaired) electrons. The van der Waals surface area contributed by atoms with Crippen molar-refractivity contribution < 1.29 is 4.74 Å². The average molecular weight is 128 g/mol. The molecule has 0 saturated heterocycles. The zero-order valence-electron chi connectivity index (χ0n) is 6.72. The third-order valence-corrected chi connectivity index (χ3v) is 1.31. The Balaban J connectivity index is 3.68. The maximum atomic E-state index is 5.17. The molecule has 0 aliphatic heterocycles. The Bertz CT molecular complexity index is 84.6. The minimum absolute atomic E-state index is 0.287. The maximum absolute atomic E-state index is 5.17. The van der Waals surface area contributed by atoms with Gasteiger partial charge in [0.15, 0.2) is 0 Å². The second-order valence-electron chi connectivity index (χ2n) is 2.47. The van der Waals surface area contributed by atoms with E-state index in [1.54, 1.807) is 7.11 Å². The lowest BCUT2D eigenvalue weighted by Gasteiger charge is -2.13. The number of allylic oxidation sites excluding steroid dienone is 1. The summed E-state index contributed by atoms with van der Waals surface area (Å²) in [5, 5.41) is 0. The molecule has 9 heavy (non-hydrogen) atoms. The average Bonchev–Trinajstić information content (AvgIpc) is 1.82. The molecule has 0 unspecified atom stereocenters. The van der Waals surface area contributed by atoms with Crippen molar-refractivity contribution in [1.82, 2.24) is 0 Å². The molecule has 0 amide bonds. The van der Waals surface area contributed by atoms with Gasteiger partial charge in [-0.15, -0.1) is 0 Å². The van der Waals surface area contributed by atoms with Gasteiger partial charge in [0.2, 0.25) is 0 Å². The fourth-order valence-electron chi connectivity index (χ4n) is 0.763. The summed E-state index contributed by atoms with van der Waals surface area (Å²) in [6.07, 6.45) is 4.38. The molecule has 0 rings (SSSR count). The van der Waals surface area contributed by atoms with Crippen LogP contribution in [0.2, 0.25) is 0 Å². The van der Waals surface area contributed by atoms with Gasteiger partial charge in [0.25, 0.3) is 0 Å². The Kier molecular flexibility index (Phi) is 4.41. The highest BCUT2D eigenvalue weighted by molar-refractivity contribution is 4.88. The van der Waals surface area contributed by atoms with E-state index < -0.39 is 0 Å². The molecule has 0 aliphatic carbocycles. The topological polar surface area (TPSA) is 9.23 Å². The minimum Gasteiger partial charge on any atom is -0.377 e. The molecular formula is C8H16O. The summed E-state index contributed by atoms with van der Waals surface area (Å²) in [4.78, 5) is 0. The monoisotopic (exact) mass is 128 g/mol. The van der Waals surface area contributed by atoms with Crippen LogP contribution < -0.4 is 0 Å². The molecule has 0 spiro atoms. The van der Waals surface area contributed by atoms with Crippen molar-refractivity contribution in [3.63, 3.8) is 0 Å². The highest BCUT2D eigenvalue weighted by Crippen LogP contribution is 2.05. The molecule has 0 N–H and O–H groups in total. The van der Waals surface area contributed by atoms with Crippen LogP contribution in [0.25, 0.3) is 0 Å². The van der Waals surface area contributed by atoms with Crippen LogP contribution in [0, 0.1) is 5.92 Å². The smallest absolute Gasteiger partial charge is 0.0774 e. The van der Waals surface area contributed by atoms with E-state index in [1.807, 2.05) is 13.0 Å². The Morgan fingerprint density at radius 2 is 1.89 bits per heavy atom. The van der Waals surface area contributed by atoms with Crippen LogP contribution in [0.1, 0.15) is 20.8 Å². The first-order chi connectivity index (χ1) is 4.22. The molecule has 0 aliphatic rings. The Hall–Kier alpha value is -0.300. The van der Waals surface area contributed by atoms with Crippen LogP contribution in [-0.2, 0) is 4.74 Å². The Morgan fingerprint density at radius 3 is 2.00 bits per heavy atom. The summed E-state index contributed by atoms with van der Waals surface area (Å²) in [7, 11) is 1.74. The standard InChI is InChI=1S/C8H16O/c1-5-6-8(9-4)7(2)3/h5-8H,1-4H3/b6-5+/t8-/m0/s1. The zero-order chi connectivity index (χ0) is 7.28. The third-order valence-electron chi connectivity index (χ3n) is 1.31. The fraction of sp³-hybridized carbons (Fsp3) is 0.750. The van der Waals surface area contributed by atoms with Crippen molar-refractivity contribution in [1.29, 1.82) is 0 Å². The van der Waals surface area contributed by atoms with Crippen molar-refractivity contribution >= 4 is 0 Å². The van der Waals surface area contributed by atoms with Crippen LogP contribution in [0.3, 0.4) is 0 Å². The molecule has 0 fully saturated rings.